The van der Waals surface area contributed by atoms with Crippen LogP contribution >= 0.6 is 0 Å². The highest BCUT2D eigenvalue weighted by molar-refractivity contribution is 5.27. The summed E-state index contributed by atoms with van der Waals surface area (Å²) in [5.41, 5.74) is 4.85. The van der Waals surface area contributed by atoms with E-state index in [9.17, 15) is 0 Å². The Morgan fingerprint density at radius 1 is 1.29 bits per heavy atom. The molecule has 118 valence electrons. The molecule has 0 heterocycles. The standard InChI is InChI=1S/C18H30N2O/c1-18(2)13-5-4-6-16(18)17(20-19)12-9-14-7-10-15(21-3)11-8-14/h7-8,10-11,16-17,20H,4-6,9,12-13,19H2,1-3H3. The highest BCUT2D eigenvalue weighted by Gasteiger charge is 2.36. The van der Waals surface area contributed by atoms with E-state index in [1.807, 2.05) is 12.1 Å². The Balaban J connectivity index is 1.95. The van der Waals surface area contributed by atoms with Crippen molar-refractivity contribution in [3.8, 4) is 5.75 Å². The van der Waals surface area contributed by atoms with Crippen molar-refractivity contribution in [3.63, 3.8) is 0 Å². The fraction of sp³-hybridized carbons (Fsp3) is 0.667. The van der Waals surface area contributed by atoms with Crippen LogP contribution < -0.4 is 16.0 Å². The van der Waals surface area contributed by atoms with Crippen LogP contribution in [0.5, 0.6) is 5.75 Å². The van der Waals surface area contributed by atoms with Crippen LogP contribution in [0.3, 0.4) is 0 Å². The number of nitrogens with one attached hydrogen (secondary N) is 1. The largest absolute Gasteiger partial charge is 0.497 e. The van der Waals surface area contributed by atoms with Gasteiger partial charge in [0.2, 0.25) is 0 Å². The minimum Gasteiger partial charge on any atom is -0.497 e. The van der Waals surface area contributed by atoms with E-state index < -0.39 is 0 Å². The molecule has 3 N–H and O–H groups in total. The highest BCUT2D eigenvalue weighted by atomic mass is 16.5. The van der Waals surface area contributed by atoms with Gasteiger partial charge in [-0.2, -0.15) is 0 Å². The van der Waals surface area contributed by atoms with E-state index in [1.165, 1.54) is 31.2 Å². The predicted molar refractivity (Wildman–Crippen MR) is 88.2 cm³/mol. The molecule has 1 aliphatic rings. The van der Waals surface area contributed by atoms with E-state index in [0.717, 1.165) is 18.6 Å². The normalized spacial score (nSPS) is 22.8. The lowest BCUT2D eigenvalue weighted by molar-refractivity contribution is 0.0948. The van der Waals surface area contributed by atoms with Crippen LogP contribution in [0.4, 0.5) is 0 Å². The zero-order valence-corrected chi connectivity index (χ0v) is 13.7. The molecule has 3 nitrogen and oxygen atoms in total. The number of methoxy groups -OCH3 is 1. The van der Waals surface area contributed by atoms with Gasteiger partial charge >= 0.3 is 0 Å². The van der Waals surface area contributed by atoms with Crippen molar-refractivity contribution < 1.29 is 4.74 Å². The fourth-order valence-electron chi connectivity index (χ4n) is 3.78. The number of hydrogen-bond donors (Lipinski definition) is 2. The zero-order valence-electron chi connectivity index (χ0n) is 13.7. The van der Waals surface area contributed by atoms with Crippen molar-refractivity contribution in [2.24, 2.45) is 17.2 Å². The lowest BCUT2D eigenvalue weighted by Gasteiger charge is -2.43. The third-order valence-corrected chi connectivity index (χ3v) is 5.19. The Kier molecular flexibility index (Phi) is 5.65. The summed E-state index contributed by atoms with van der Waals surface area (Å²) in [7, 11) is 1.70. The lowest BCUT2D eigenvalue weighted by atomic mass is 9.65. The molecule has 21 heavy (non-hydrogen) atoms. The summed E-state index contributed by atoms with van der Waals surface area (Å²) in [5, 5.41) is 0. The number of ether oxygens (including phenoxy) is 1. The van der Waals surface area contributed by atoms with Gasteiger partial charge in [-0.15, -0.1) is 0 Å². The Bertz CT molecular complexity index is 427. The highest BCUT2D eigenvalue weighted by Crippen LogP contribution is 2.43. The van der Waals surface area contributed by atoms with E-state index in [0.29, 0.717) is 17.4 Å². The number of benzene rings is 1. The number of hydrogen-bond acceptors (Lipinski definition) is 3. The number of rotatable bonds is 6. The molecule has 1 aromatic carbocycles. The summed E-state index contributed by atoms with van der Waals surface area (Å²) in [6.07, 6.45) is 7.47. The molecule has 1 aliphatic carbocycles. The molecule has 0 radical (unpaired) electrons. The van der Waals surface area contributed by atoms with Crippen LogP contribution in [0, 0.1) is 11.3 Å². The van der Waals surface area contributed by atoms with Gasteiger partial charge in [0.25, 0.3) is 0 Å². The molecule has 3 heteroatoms. The van der Waals surface area contributed by atoms with Gasteiger partial charge in [-0.1, -0.05) is 38.8 Å². The second kappa shape index (κ2) is 7.28. The Hall–Kier alpha value is -1.06. The summed E-state index contributed by atoms with van der Waals surface area (Å²) in [4.78, 5) is 0. The molecule has 2 atom stereocenters. The first kappa shape index (κ1) is 16.3. The summed E-state index contributed by atoms with van der Waals surface area (Å²) < 4.78 is 5.21. The molecule has 0 saturated heterocycles. The maximum atomic E-state index is 5.86. The van der Waals surface area contributed by atoms with Gasteiger partial charge in [0.15, 0.2) is 0 Å². The lowest BCUT2D eigenvalue weighted by Crippen LogP contribution is -2.47. The Labute approximate surface area is 129 Å². The molecule has 2 unspecified atom stereocenters. The molecular weight excluding hydrogens is 260 g/mol. The number of aryl methyl sites for hydroxylation is 1. The second-order valence-corrected chi connectivity index (χ2v) is 7.00. The van der Waals surface area contributed by atoms with Gasteiger partial charge < -0.3 is 4.74 Å². The van der Waals surface area contributed by atoms with E-state index in [1.54, 1.807) is 7.11 Å². The Morgan fingerprint density at radius 3 is 2.57 bits per heavy atom. The molecule has 0 aliphatic heterocycles. The third kappa shape index (κ3) is 4.21. The van der Waals surface area contributed by atoms with Gasteiger partial charge in [-0.25, -0.2) is 0 Å². The number of nitrogens with two attached hydrogens (primary N) is 1. The summed E-state index contributed by atoms with van der Waals surface area (Å²) in [5.74, 6) is 7.46. The van der Waals surface area contributed by atoms with Gasteiger partial charge in [0, 0.05) is 6.04 Å². The van der Waals surface area contributed by atoms with Gasteiger partial charge in [0.1, 0.15) is 5.75 Å². The summed E-state index contributed by atoms with van der Waals surface area (Å²) >= 11 is 0. The molecular formula is C18H30N2O. The average Bonchev–Trinajstić information content (AvgIpc) is 2.49. The first-order valence-electron chi connectivity index (χ1n) is 8.16. The van der Waals surface area contributed by atoms with Crippen molar-refractivity contribution in [2.45, 2.75) is 58.4 Å². The molecule has 0 amide bonds. The van der Waals surface area contributed by atoms with Crippen LogP contribution in [-0.4, -0.2) is 13.2 Å². The SMILES string of the molecule is COc1ccc(CCC(NN)C2CCCCC2(C)C)cc1. The van der Waals surface area contributed by atoms with Gasteiger partial charge in [0.05, 0.1) is 7.11 Å². The molecule has 0 bridgehead atoms. The molecule has 0 aromatic heterocycles. The first-order chi connectivity index (χ1) is 10.1. The van der Waals surface area contributed by atoms with Crippen LogP contribution in [-0.2, 0) is 6.42 Å². The van der Waals surface area contributed by atoms with Crippen LogP contribution in [0.15, 0.2) is 24.3 Å². The molecule has 1 fully saturated rings. The average molecular weight is 290 g/mol. The van der Waals surface area contributed by atoms with Crippen molar-refractivity contribution in [1.29, 1.82) is 0 Å². The predicted octanol–water partition coefficient (Wildman–Crippen LogP) is 3.68. The minimum absolute atomic E-state index is 0.398. The van der Waals surface area contributed by atoms with E-state index >= 15 is 0 Å². The maximum Gasteiger partial charge on any atom is 0.118 e. The summed E-state index contributed by atoms with van der Waals surface area (Å²) in [6.45, 7) is 4.79. The number of hydrazine groups is 1. The Morgan fingerprint density at radius 2 is 2.00 bits per heavy atom. The maximum absolute atomic E-state index is 5.86. The van der Waals surface area contributed by atoms with Crippen molar-refractivity contribution in [1.82, 2.24) is 5.43 Å². The van der Waals surface area contributed by atoms with Crippen LogP contribution in [0.25, 0.3) is 0 Å². The van der Waals surface area contributed by atoms with E-state index in [2.05, 4.69) is 31.4 Å². The van der Waals surface area contributed by atoms with Gasteiger partial charge in [-0.05, 0) is 54.7 Å². The van der Waals surface area contributed by atoms with Crippen LogP contribution in [0.2, 0.25) is 0 Å². The summed E-state index contributed by atoms with van der Waals surface area (Å²) in [6, 6.07) is 8.77. The monoisotopic (exact) mass is 290 g/mol. The van der Waals surface area contributed by atoms with E-state index in [4.69, 9.17) is 10.6 Å². The molecule has 1 saturated carbocycles. The van der Waals surface area contributed by atoms with Crippen molar-refractivity contribution >= 4 is 0 Å². The third-order valence-electron chi connectivity index (χ3n) is 5.19. The smallest absolute Gasteiger partial charge is 0.118 e. The quantitative estimate of drug-likeness (QED) is 0.620. The van der Waals surface area contributed by atoms with Gasteiger partial charge in [-0.3, -0.25) is 11.3 Å². The molecule has 2 rings (SSSR count). The zero-order chi connectivity index (χ0) is 15.3. The van der Waals surface area contributed by atoms with Crippen LogP contribution in [0.1, 0.15) is 51.5 Å². The second-order valence-electron chi connectivity index (χ2n) is 7.00. The van der Waals surface area contributed by atoms with E-state index in [-0.39, 0.29) is 0 Å². The van der Waals surface area contributed by atoms with Crippen molar-refractivity contribution in [3.05, 3.63) is 29.8 Å². The molecule has 1 aromatic rings. The topological polar surface area (TPSA) is 47.3 Å². The minimum atomic E-state index is 0.398. The fourth-order valence-corrected chi connectivity index (χ4v) is 3.78. The molecule has 0 spiro atoms. The first-order valence-corrected chi connectivity index (χ1v) is 8.16. The van der Waals surface area contributed by atoms with Crippen molar-refractivity contribution in [2.75, 3.05) is 7.11 Å².